The Labute approximate surface area is 119 Å². The molecule has 0 saturated heterocycles. The van der Waals surface area contributed by atoms with Gasteiger partial charge in [0, 0.05) is 18.3 Å². The number of nitrogens with two attached hydrogens (primary N) is 1. The van der Waals surface area contributed by atoms with Crippen LogP contribution in [-0.4, -0.2) is 16.9 Å². The topological polar surface area (TPSA) is 65.1 Å². The van der Waals surface area contributed by atoms with Crippen molar-refractivity contribution in [3.63, 3.8) is 0 Å². The Morgan fingerprint density at radius 1 is 1.35 bits per heavy atom. The lowest BCUT2D eigenvalue weighted by atomic mass is 9.97. The number of hydrogen-bond donors (Lipinski definition) is 2. The molecule has 0 amide bonds. The number of rotatable bonds is 5. The first-order chi connectivity index (χ1) is 9.58. The summed E-state index contributed by atoms with van der Waals surface area (Å²) in [5.74, 6) is 6.59. The van der Waals surface area contributed by atoms with Crippen molar-refractivity contribution >= 4 is 0 Å². The third-order valence-corrected chi connectivity index (χ3v) is 3.78. The molecule has 20 heavy (non-hydrogen) atoms. The number of benzene rings is 1. The molecule has 5 heteroatoms. The van der Waals surface area contributed by atoms with E-state index >= 15 is 0 Å². The van der Waals surface area contributed by atoms with Gasteiger partial charge in [-0.3, -0.25) is 16.0 Å². The van der Waals surface area contributed by atoms with E-state index in [1.54, 1.807) is 7.11 Å². The average Bonchev–Trinajstić information content (AvgIpc) is 2.70. The smallest absolute Gasteiger partial charge is 0.123 e. The van der Waals surface area contributed by atoms with Crippen LogP contribution in [0.25, 0.3) is 0 Å². The Kier molecular flexibility index (Phi) is 4.42. The molecule has 0 fully saturated rings. The minimum atomic E-state index is -0.00671. The second kappa shape index (κ2) is 6.07. The van der Waals surface area contributed by atoms with Gasteiger partial charge in [-0.25, -0.2) is 0 Å². The fraction of sp³-hybridized carbons (Fsp3) is 0.400. The minimum Gasteiger partial charge on any atom is -0.496 e. The number of nitrogens with zero attached hydrogens (tertiary/aromatic N) is 2. The highest BCUT2D eigenvalue weighted by atomic mass is 16.5. The molecule has 108 valence electrons. The Balaban J connectivity index is 2.34. The van der Waals surface area contributed by atoms with Crippen LogP contribution in [0.5, 0.6) is 5.75 Å². The van der Waals surface area contributed by atoms with E-state index < -0.39 is 0 Å². The summed E-state index contributed by atoms with van der Waals surface area (Å²) in [5, 5.41) is 4.45. The molecular weight excluding hydrogens is 252 g/mol. The van der Waals surface area contributed by atoms with Crippen molar-refractivity contribution in [2.24, 2.45) is 12.9 Å². The van der Waals surface area contributed by atoms with E-state index in [4.69, 9.17) is 10.6 Å². The van der Waals surface area contributed by atoms with Gasteiger partial charge in [-0.1, -0.05) is 18.2 Å². The van der Waals surface area contributed by atoms with Crippen LogP contribution in [0.15, 0.2) is 24.3 Å². The molecule has 1 aromatic carbocycles. The molecule has 0 aliphatic rings. The fourth-order valence-corrected chi connectivity index (χ4v) is 2.53. The number of methoxy groups -OCH3 is 1. The number of hydrazine groups is 1. The number of nitrogens with one attached hydrogen (secondary N) is 1. The molecule has 2 aromatic rings. The summed E-state index contributed by atoms with van der Waals surface area (Å²) in [7, 11) is 3.63. The quantitative estimate of drug-likeness (QED) is 0.644. The van der Waals surface area contributed by atoms with E-state index in [9.17, 15) is 0 Å². The van der Waals surface area contributed by atoms with Gasteiger partial charge in [0.25, 0.3) is 0 Å². The van der Waals surface area contributed by atoms with Crippen LogP contribution < -0.4 is 16.0 Å². The van der Waals surface area contributed by atoms with Crippen molar-refractivity contribution in [1.82, 2.24) is 15.2 Å². The maximum Gasteiger partial charge on any atom is 0.123 e. The Bertz CT molecular complexity index is 592. The zero-order chi connectivity index (χ0) is 14.7. The summed E-state index contributed by atoms with van der Waals surface area (Å²) < 4.78 is 7.32. The van der Waals surface area contributed by atoms with Crippen LogP contribution in [-0.2, 0) is 13.5 Å². The molecule has 0 aliphatic heterocycles. The molecule has 1 unspecified atom stereocenters. The number of aryl methyl sites for hydroxylation is 2. The van der Waals surface area contributed by atoms with Gasteiger partial charge >= 0.3 is 0 Å². The number of aromatic nitrogens is 2. The van der Waals surface area contributed by atoms with E-state index in [0.29, 0.717) is 0 Å². The van der Waals surface area contributed by atoms with Gasteiger partial charge in [-0.2, -0.15) is 5.10 Å². The molecule has 0 spiro atoms. The molecule has 0 saturated carbocycles. The van der Waals surface area contributed by atoms with Crippen molar-refractivity contribution in [3.8, 4) is 5.75 Å². The van der Waals surface area contributed by atoms with Crippen molar-refractivity contribution < 1.29 is 4.74 Å². The number of ether oxygens (including phenoxy) is 1. The highest BCUT2D eigenvalue weighted by Crippen LogP contribution is 2.28. The van der Waals surface area contributed by atoms with Crippen LogP contribution in [0.4, 0.5) is 0 Å². The molecule has 0 bridgehead atoms. The number of hydrogen-bond acceptors (Lipinski definition) is 4. The van der Waals surface area contributed by atoms with Crippen LogP contribution in [0.2, 0.25) is 0 Å². The largest absolute Gasteiger partial charge is 0.496 e. The first-order valence-electron chi connectivity index (χ1n) is 6.66. The average molecular weight is 274 g/mol. The lowest BCUT2D eigenvalue weighted by Gasteiger charge is -2.19. The predicted molar refractivity (Wildman–Crippen MR) is 79.4 cm³/mol. The first-order valence-corrected chi connectivity index (χ1v) is 6.66. The van der Waals surface area contributed by atoms with Crippen molar-refractivity contribution in [1.29, 1.82) is 0 Å². The van der Waals surface area contributed by atoms with Crippen LogP contribution >= 0.6 is 0 Å². The Morgan fingerprint density at radius 3 is 2.60 bits per heavy atom. The monoisotopic (exact) mass is 274 g/mol. The second-order valence-electron chi connectivity index (χ2n) is 4.94. The van der Waals surface area contributed by atoms with E-state index in [-0.39, 0.29) is 6.04 Å². The van der Waals surface area contributed by atoms with E-state index in [2.05, 4.69) is 17.4 Å². The summed E-state index contributed by atoms with van der Waals surface area (Å²) in [4.78, 5) is 0. The molecule has 1 aromatic heterocycles. The van der Waals surface area contributed by atoms with Gasteiger partial charge in [0.05, 0.1) is 18.8 Å². The number of para-hydroxylation sites is 1. The van der Waals surface area contributed by atoms with Crippen molar-refractivity contribution in [3.05, 3.63) is 46.8 Å². The highest BCUT2D eigenvalue weighted by molar-refractivity contribution is 5.38. The predicted octanol–water partition coefficient (Wildman–Crippen LogP) is 1.79. The third kappa shape index (κ3) is 2.69. The van der Waals surface area contributed by atoms with Crippen LogP contribution in [0.3, 0.4) is 0 Å². The molecule has 1 heterocycles. The maximum atomic E-state index is 5.75. The normalized spacial score (nSPS) is 12.4. The lowest BCUT2D eigenvalue weighted by molar-refractivity contribution is 0.399. The van der Waals surface area contributed by atoms with Crippen molar-refractivity contribution in [2.75, 3.05) is 7.11 Å². The SMILES string of the molecule is COc1ccccc1C(Cc1c(C)nn(C)c1C)NN. The molecular formula is C15H22N4O. The maximum absolute atomic E-state index is 5.75. The molecule has 3 N–H and O–H groups in total. The standard InChI is InChI=1S/C15H22N4O/c1-10-13(11(2)19(3)18-10)9-14(17-16)12-7-5-6-8-15(12)20-4/h5-8,14,17H,9,16H2,1-4H3. The Morgan fingerprint density at radius 2 is 2.05 bits per heavy atom. The van der Waals surface area contributed by atoms with Crippen molar-refractivity contribution in [2.45, 2.75) is 26.3 Å². The summed E-state index contributed by atoms with van der Waals surface area (Å²) >= 11 is 0. The molecule has 1 atom stereocenters. The highest BCUT2D eigenvalue weighted by Gasteiger charge is 2.19. The lowest BCUT2D eigenvalue weighted by Crippen LogP contribution is -2.30. The first kappa shape index (κ1) is 14.6. The molecule has 0 radical (unpaired) electrons. The van der Waals surface area contributed by atoms with Crippen LogP contribution in [0.1, 0.15) is 28.6 Å². The zero-order valence-corrected chi connectivity index (χ0v) is 12.5. The minimum absolute atomic E-state index is 0.00671. The van der Waals surface area contributed by atoms with Gasteiger partial charge in [-0.05, 0) is 31.9 Å². The fourth-order valence-electron chi connectivity index (χ4n) is 2.53. The summed E-state index contributed by atoms with van der Waals surface area (Å²) in [6, 6.07) is 7.92. The van der Waals surface area contributed by atoms with Crippen LogP contribution in [0, 0.1) is 13.8 Å². The summed E-state index contributed by atoms with van der Waals surface area (Å²) in [6.07, 6.45) is 0.780. The third-order valence-electron chi connectivity index (χ3n) is 3.78. The van der Waals surface area contributed by atoms with E-state index in [1.807, 2.05) is 42.9 Å². The Hall–Kier alpha value is -1.85. The van der Waals surface area contributed by atoms with Gasteiger partial charge < -0.3 is 4.74 Å². The molecule has 0 aliphatic carbocycles. The second-order valence-corrected chi connectivity index (χ2v) is 4.94. The zero-order valence-electron chi connectivity index (χ0n) is 12.5. The van der Waals surface area contributed by atoms with Gasteiger partial charge in [0.1, 0.15) is 5.75 Å². The van der Waals surface area contributed by atoms with E-state index in [1.165, 1.54) is 5.56 Å². The van der Waals surface area contributed by atoms with Gasteiger partial charge in [-0.15, -0.1) is 0 Å². The van der Waals surface area contributed by atoms with E-state index in [0.717, 1.165) is 29.1 Å². The molecule has 2 rings (SSSR count). The van der Waals surface area contributed by atoms with Gasteiger partial charge in [0.2, 0.25) is 0 Å². The van der Waals surface area contributed by atoms with Gasteiger partial charge in [0.15, 0.2) is 0 Å². The molecule has 5 nitrogen and oxygen atoms in total. The summed E-state index contributed by atoms with van der Waals surface area (Å²) in [5.41, 5.74) is 7.37. The summed E-state index contributed by atoms with van der Waals surface area (Å²) in [6.45, 7) is 4.10.